The van der Waals surface area contributed by atoms with Gasteiger partial charge in [-0.1, -0.05) is 30.3 Å². The molecule has 0 bridgehead atoms. The van der Waals surface area contributed by atoms with Gasteiger partial charge in [0.2, 0.25) is 10.0 Å². The Morgan fingerprint density at radius 1 is 0.958 bits per heavy atom. The van der Waals surface area contributed by atoms with Gasteiger partial charge in [-0.25, -0.2) is 21.6 Å². The molecule has 0 spiro atoms. The van der Waals surface area contributed by atoms with Gasteiger partial charge in [0.05, 0.1) is 0 Å². The maximum Gasteiger partial charge on any atom is 0.246 e. The lowest BCUT2D eigenvalue weighted by Crippen LogP contribution is -2.33. The molecule has 8 heteroatoms. The average Bonchev–Trinajstić information content (AvgIpc) is 2.57. The highest BCUT2D eigenvalue weighted by Gasteiger charge is 2.30. The predicted octanol–water partition coefficient (Wildman–Crippen LogP) is 2.64. The molecule has 2 aromatic carbocycles. The smallest absolute Gasteiger partial charge is 0.246 e. The van der Waals surface area contributed by atoms with Gasteiger partial charge in [-0.15, -0.1) is 0 Å². The van der Waals surface area contributed by atoms with E-state index in [4.69, 9.17) is 5.73 Å². The minimum absolute atomic E-state index is 0.0262. The van der Waals surface area contributed by atoms with E-state index in [1.807, 2.05) is 0 Å². The molecule has 24 heavy (non-hydrogen) atoms. The minimum atomic E-state index is -4.35. The maximum atomic E-state index is 13.9. The molecule has 0 radical (unpaired) electrons. The van der Waals surface area contributed by atoms with Crippen LogP contribution in [-0.2, 0) is 16.6 Å². The summed E-state index contributed by atoms with van der Waals surface area (Å²) in [5.74, 6) is -4.97. The fourth-order valence-corrected chi connectivity index (χ4v) is 3.71. The van der Waals surface area contributed by atoms with Crippen molar-refractivity contribution in [3.05, 3.63) is 65.5 Å². The highest BCUT2D eigenvalue weighted by atomic mass is 32.2. The molecule has 130 valence electrons. The van der Waals surface area contributed by atoms with Crippen molar-refractivity contribution in [3.63, 3.8) is 0 Å². The Bertz CT molecular complexity index is 798. The number of halogens is 3. The van der Waals surface area contributed by atoms with Crippen molar-refractivity contribution in [2.24, 2.45) is 5.73 Å². The summed E-state index contributed by atoms with van der Waals surface area (Å²) in [4.78, 5) is -0.894. The first-order valence-corrected chi connectivity index (χ1v) is 8.69. The van der Waals surface area contributed by atoms with Crippen molar-refractivity contribution >= 4 is 10.0 Å². The molecule has 2 N–H and O–H groups in total. The molecule has 2 aromatic rings. The topological polar surface area (TPSA) is 63.4 Å². The Morgan fingerprint density at radius 2 is 1.62 bits per heavy atom. The molecule has 0 saturated heterocycles. The molecule has 0 heterocycles. The third-order valence-electron chi connectivity index (χ3n) is 3.43. The summed E-state index contributed by atoms with van der Waals surface area (Å²) in [6.45, 7) is 0.245. The molecular weight excluding hydrogens is 341 g/mol. The zero-order chi connectivity index (χ0) is 17.7. The Kier molecular flexibility index (Phi) is 5.98. The lowest BCUT2D eigenvalue weighted by Gasteiger charge is -2.22. The van der Waals surface area contributed by atoms with Gasteiger partial charge in [-0.05, 0) is 30.7 Å². The van der Waals surface area contributed by atoms with Crippen LogP contribution >= 0.6 is 0 Å². The van der Waals surface area contributed by atoms with E-state index in [0.29, 0.717) is 18.1 Å². The van der Waals surface area contributed by atoms with E-state index in [2.05, 4.69) is 0 Å². The fraction of sp³-hybridized carbons (Fsp3) is 0.250. The van der Waals surface area contributed by atoms with E-state index in [9.17, 15) is 21.6 Å². The van der Waals surface area contributed by atoms with Crippen LogP contribution in [0.4, 0.5) is 13.2 Å². The lowest BCUT2D eigenvalue weighted by atomic mass is 10.2. The van der Waals surface area contributed by atoms with Crippen LogP contribution in [0.15, 0.2) is 47.4 Å². The molecule has 0 unspecified atom stereocenters. The highest BCUT2D eigenvalue weighted by molar-refractivity contribution is 7.89. The third kappa shape index (κ3) is 3.95. The molecule has 0 atom stereocenters. The number of rotatable bonds is 7. The van der Waals surface area contributed by atoms with E-state index in [0.717, 1.165) is 10.4 Å². The summed E-state index contributed by atoms with van der Waals surface area (Å²) >= 11 is 0. The van der Waals surface area contributed by atoms with Crippen molar-refractivity contribution in [2.45, 2.75) is 17.9 Å². The van der Waals surface area contributed by atoms with Gasteiger partial charge in [-0.3, -0.25) is 0 Å². The van der Waals surface area contributed by atoms with Crippen LogP contribution in [-0.4, -0.2) is 25.8 Å². The first-order valence-electron chi connectivity index (χ1n) is 7.25. The van der Waals surface area contributed by atoms with Gasteiger partial charge in [0.1, 0.15) is 4.90 Å². The first kappa shape index (κ1) is 18.4. The number of nitrogens with two attached hydrogens (primary N) is 1. The lowest BCUT2D eigenvalue weighted by molar-refractivity contribution is 0.391. The molecule has 0 aliphatic heterocycles. The van der Waals surface area contributed by atoms with Crippen molar-refractivity contribution in [1.82, 2.24) is 4.31 Å². The Balaban J connectivity index is 2.42. The number of sulfonamides is 1. The minimum Gasteiger partial charge on any atom is -0.330 e. The van der Waals surface area contributed by atoms with Crippen LogP contribution in [0.5, 0.6) is 0 Å². The second kappa shape index (κ2) is 7.78. The fourth-order valence-electron chi connectivity index (χ4n) is 2.19. The molecule has 0 aromatic heterocycles. The van der Waals surface area contributed by atoms with E-state index in [1.165, 1.54) is 0 Å². The second-order valence-corrected chi connectivity index (χ2v) is 7.05. The zero-order valence-corrected chi connectivity index (χ0v) is 13.6. The van der Waals surface area contributed by atoms with Crippen LogP contribution < -0.4 is 5.73 Å². The number of hydrogen-bond acceptors (Lipinski definition) is 3. The highest BCUT2D eigenvalue weighted by Crippen LogP contribution is 2.24. The summed E-state index contributed by atoms with van der Waals surface area (Å²) in [5.41, 5.74) is 6.10. The monoisotopic (exact) mass is 358 g/mol. The number of nitrogens with zero attached hydrogens (tertiary/aromatic N) is 1. The van der Waals surface area contributed by atoms with Crippen LogP contribution in [0.1, 0.15) is 12.0 Å². The number of benzene rings is 2. The quantitative estimate of drug-likeness (QED) is 0.774. The van der Waals surface area contributed by atoms with Crippen LogP contribution in [0.2, 0.25) is 0 Å². The standard InChI is InChI=1S/C16H17F3N2O2S/c17-13-7-8-14(16(19)15(13)18)24(22,23)21(10-4-9-20)11-12-5-2-1-3-6-12/h1-3,5-8H,4,9-11,20H2. The van der Waals surface area contributed by atoms with Gasteiger partial charge in [0.25, 0.3) is 0 Å². The molecule has 0 saturated carbocycles. The van der Waals surface area contributed by atoms with Crippen molar-refractivity contribution < 1.29 is 21.6 Å². The van der Waals surface area contributed by atoms with Crippen LogP contribution in [0.25, 0.3) is 0 Å². The van der Waals surface area contributed by atoms with Crippen molar-refractivity contribution in [3.8, 4) is 0 Å². The van der Waals surface area contributed by atoms with E-state index in [-0.39, 0.29) is 19.6 Å². The zero-order valence-electron chi connectivity index (χ0n) is 12.8. The van der Waals surface area contributed by atoms with E-state index >= 15 is 0 Å². The number of hydrogen-bond donors (Lipinski definition) is 1. The summed E-state index contributed by atoms with van der Waals surface area (Å²) < 4.78 is 66.8. The Hall–Kier alpha value is -1.90. The molecule has 0 aliphatic carbocycles. The Labute approximate surface area is 138 Å². The SMILES string of the molecule is NCCCN(Cc1ccccc1)S(=O)(=O)c1ccc(F)c(F)c1F. The van der Waals surface area contributed by atoms with Gasteiger partial charge < -0.3 is 5.73 Å². The predicted molar refractivity (Wildman–Crippen MR) is 84.0 cm³/mol. The van der Waals surface area contributed by atoms with Crippen LogP contribution in [0.3, 0.4) is 0 Å². The van der Waals surface area contributed by atoms with Gasteiger partial charge in [0, 0.05) is 13.1 Å². The largest absolute Gasteiger partial charge is 0.330 e. The summed E-state index contributed by atoms with van der Waals surface area (Å²) in [7, 11) is -4.35. The Morgan fingerprint density at radius 3 is 2.25 bits per heavy atom. The molecule has 0 amide bonds. The van der Waals surface area contributed by atoms with E-state index in [1.54, 1.807) is 30.3 Å². The molecule has 2 rings (SSSR count). The third-order valence-corrected chi connectivity index (χ3v) is 5.29. The van der Waals surface area contributed by atoms with E-state index < -0.39 is 32.4 Å². The van der Waals surface area contributed by atoms with Crippen LogP contribution in [0, 0.1) is 17.5 Å². The molecular formula is C16H17F3N2O2S. The van der Waals surface area contributed by atoms with Crippen molar-refractivity contribution in [2.75, 3.05) is 13.1 Å². The summed E-state index contributed by atoms with van der Waals surface area (Å²) in [6, 6.07) is 10.00. The molecule has 0 fully saturated rings. The summed E-state index contributed by atoms with van der Waals surface area (Å²) in [5, 5.41) is 0. The average molecular weight is 358 g/mol. The molecule has 0 aliphatic rings. The first-order chi connectivity index (χ1) is 11.4. The normalized spacial score (nSPS) is 11.9. The summed E-state index contributed by atoms with van der Waals surface area (Å²) in [6.07, 6.45) is 0.345. The second-order valence-electron chi connectivity index (χ2n) is 5.14. The van der Waals surface area contributed by atoms with Gasteiger partial charge >= 0.3 is 0 Å². The van der Waals surface area contributed by atoms with Gasteiger partial charge in [0.15, 0.2) is 17.5 Å². The molecule has 4 nitrogen and oxygen atoms in total. The van der Waals surface area contributed by atoms with Crippen molar-refractivity contribution in [1.29, 1.82) is 0 Å². The maximum absolute atomic E-state index is 13.9. The van der Waals surface area contributed by atoms with Gasteiger partial charge in [-0.2, -0.15) is 4.31 Å².